The Morgan fingerprint density at radius 3 is 2.94 bits per heavy atom. The molecule has 0 aromatic heterocycles. The average Bonchev–Trinajstić information content (AvgIpc) is 2.71. The van der Waals surface area contributed by atoms with Gasteiger partial charge >= 0.3 is 0 Å². The molecule has 1 saturated carbocycles. The molecule has 16 heavy (non-hydrogen) atoms. The van der Waals surface area contributed by atoms with Gasteiger partial charge in [-0.1, -0.05) is 15.9 Å². The fraction of sp³-hybridized carbons (Fsp3) is 0.500. The van der Waals surface area contributed by atoms with Crippen molar-refractivity contribution in [1.82, 2.24) is 0 Å². The SMILES string of the molecule is CSC1CCC(Nc2cc(Br)ccc2N)C1. The number of nitrogens with one attached hydrogen (secondary N) is 1. The van der Waals surface area contributed by atoms with E-state index < -0.39 is 0 Å². The summed E-state index contributed by atoms with van der Waals surface area (Å²) < 4.78 is 1.07. The number of nitrogen functional groups attached to an aromatic ring is 1. The lowest BCUT2D eigenvalue weighted by Crippen LogP contribution is -2.16. The van der Waals surface area contributed by atoms with Crippen LogP contribution in [0.25, 0.3) is 0 Å². The van der Waals surface area contributed by atoms with E-state index in [2.05, 4.69) is 33.6 Å². The van der Waals surface area contributed by atoms with E-state index in [1.165, 1.54) is 19.3 Å². The van der Waals surface area contributed by atoms with Crippen LogP contribution in [0.3, 0.4) is 0 Å². The van der Waals surface area contributed by atoms with Crippen molar-refractivity contribution in [3.05, 3.63) is 22.7 Å². The van der Waals surface area contributed by atoms with Crippen LogP contribution in [-0.4, -0.2) is 17.5 Å². The van der Waals surface area contributed by atoms with Gasteiger partial charge in [0, 0.05) is 15.8 Å². The molecule has 1 fully saturated rings. The van der Waals surface area contributed by atoms with Crippen molar-refractivity contribution in [1.29, 1.82) is 0 Å². The zero-order chi connectivity index (χ0) is 11.5. The molecule has 0 radical (unpaired) electrons. The van der Waals surface area contributed by atoms with Crippen LogP contribution in [0.1, 0.15) is 19.3 Å². The number of hydrogen-bond acceptors (Lipinski definition) is 3. The fourth-order valence-corrected chi connectivity index (χ4v) is 3.32. The highest BCUT2D eigenvalue weighted by Gasteiger charge is 2.23. The molecule has 1 aromatic rings. The molecule has 2 rings (SSSR count). The van der Waals surface area contributed by atoms with Gasteiger partial charge in [0.25, 0.3) is 0 Å². The average molecular weight is 301 g/mol. The van der Waals surface area contributed by atoms with Crippen LogP contribution in [0.2, 0.25) is 0 Å². The van der Waals surface area contributed by atoms with Gasteiger partial charge in [-0.2, -0.15) is 11.8 Å². The second kappa shape index (κ2) is 5.32. The number of thioether (sulfide) groups is 1. The molecule has 2 atom stereocenters. The molecule has 1 aromatic carbocycles. The first-order chi connectivity index (χ1) is 7.69. The van der Waals surface area contributed by atoms with E-state index in [-0.39, 0.29) is 0 Å². The molecular weight excluding hydrogens is 284 g/mol. The maximum atomic E-state index is 5.95. The molecule has 0 amide bonds. The van der Waals surface area contributed by atoms with E-state index in [4.69, 9.17) is 5.73 Å². The Morgan fingerprint density at radius 2 is 2.25 bits per heavy atom. The first-order valence-electron chi connectivity index (χ1n) is 5.53. The highest BCUT2D eigenvalue weighted by molar-refractivity contribution is 9.10. The van der Waals surface area contributed by atoms with E-state index in [1.54, 1.807) is 0 Å². The summed E-state index contributed by atoms with van der Waals surface area (Å²) in [5, 5.41) is 4.36. The van der Waals surface area contributed by atoms with Gasteiger partial charge in [-0.15, -0.1) is 0 Å². The minimum Gasteiger partial charge on any atom is -0.397 e. The van der Waals surface area contributed by atoms with Gasteiger partial charge in [0.2, 0.25) is 0 Å². The zero-order valence-corrected chi connectivity index (χ0v) is 11.8. The highest BCUT2D eigenvalue weighted by atomic mass is 79.9. The summed E-state index contributed by atoms with van der Waals surface area (Å²) in [5.41, 5.74) is 7.83. The van der Waals surface area contributed by atoms with Crippen molar-refractivity contribution >= 4 is 39.1 Å². The summed E-state index contributed by atoms with van der Waals surface area (Å²) in [4.78, 5) is 0. The van der Waals surface area contributed by atoms with Gasteiger partial charge in [-0.25, -0.2) is 0 Å². The van der Waals surface area contributed by atoms with E-state index >= 15 is 0 Å². The van der Waals surface area contributed by atoms with Gasteiger partial charge in [0.1, 0.15) is 0 Å². The molecular formula is C12H17BrN2S. The lowest BCUT2D eigenvalue weighted by Gasteiger charge is -2.16. The normalized spacial score (nSPS) is 24.6. The fourth-order valence-electron chi connectivity index (χ4n) is 2.16. The number of halogens is 1. The summed E-state index contributed by atoms with van der Waals surface area (Å²) in [7, 11) is 0. The third-order valence-corrected chi connectivity index (χ3v) is 4.68. The van der Waals surface area contributed by atoms with Crippen molar-refractivity contribution in [2.75, 3.05) is 17.3 Å². The Morgan fingerprint density at radius 1 is 1.44 bits per heavy atom. The van der Waals surface area contributed by atoms with E-state index in [0.717, 1.165) is 21.1 Å². The third kappa shape index (κ3) is 2.86. The minimum absolute atomic E-state index is 0.578. The van der Waals surface area contributed by atoms with Gasteiger partial charge in [-0.05, 0) is 43.7 Å². The minimum atomic E-state index is 0.578. The maximum absolute atomic E-state index is 5.95. The molecule has 3 N–H and O–H groups in total. The quantitative estimate of drug-likeness (QED) is 0.836. The zero-order valence-electron chi connectivity index (χ0n) is 9.37. The monoisotopic (exact) mass is 300 g/mol. The highest BCUT2D eigenvalue weighted by Crippen LogP contribution is 2.32. The molecule has 4 heteroatoms. The molecule has 0 aliphatic heterocycles. The van der Waals surface area contributed by atoms with E-state index in [9.17, 15) is 0 Å². The Kier molecular flexibility index (Phi) is 4.03. The molecule has 0 spiro atoms. The van der Waals surface area contributed by atoms with Crippen LogP contribution in [0.15, 0.2) is 22.7 Å². The van der Waals surface area contributed by atoms with Crippen LogP contribution in [0, 0.1) is 0 Å². The van der Waals surface area contributed by atoms with Crippen LogP contribution in [0.4, 0.5) is 11.4 Å². The Hall–Kier alpha value is -0.350. The van der Waals surface area contributed by atoms with Gasteiger partial charge in [-0.3, -0.25) is 0 Å². The Labute approximate surface area is 109 Å². The first-order valence-corrected chi connectivity index (χ1v) is 7.61. The van der Waals surface area contributed by atoms with Crippen molar-refractivity contribution in [2.24, 2.45) is 0 Å². The van der Waals surface area contributed by atoms with Gasteiger partial charge in [0.05, 0.1) is 11.4 Å². The lowest BCUT2D eigenvalue weighted by atomic mass is 10.2. The summed E-state index contributed by atoms with van der Waals surface area (Å²) in [6, 6.07) is 6.55. The third-order valence-electron chi connectivity index (χ3n) is 3.09. The van der Waals surface area contributed by atoms with E-state index in [0.29, 0.717) is 6.04 Å². The van der Waals surface area contributed by atoms with Gasteiger partial charge in [0.15, 0.2) is 0 Å². The number of anilines is 2. The maximum Gasteiger partial charge on any atom is 0.0587 e. The van der Waals surface area contributed by atoms with Crippen LogP contribution in [0.5, 0.6) is 0 Å². The molecule has 1 aliphatic rings. The Balaban J connectivity index is 2.01. The smallest absolute Gasteiger partial charge is 0.0587 e. The molecule has 0 heterocycles. The lowest BCUT2D eigenvalue weighted by molar-refractivity contribution is 0.757. The number of benzene rings is 1. The molecule has 88 valence electrons. The van der Waals surface area contributed by atoms with Gasteiger partial charge < -0.3 is 11.1 Å². The Bertz CT molecular complexity index is 370. The van der Waals surface area contributed by atoms with Crippen molar-refractivity contribution in [3.63, 3.8) is 0 Å². The van der Waals surface area contributed by atoms with E-state index in [1.807, 2.05) is 23.9 Å². The molecule has 1 aliphatic carbocycles. The summed E-state index contributed by atoms with van der Waals surface area (Å²) in [6.45, 7) is 0. The second-order valence-electron chi connectivity index (χ2n) is 4.24. The molecule has 2 nitrogen and oxygen atoms in total. The largest absolute Gasteiger partial charge is 0.397 e. The molecule has 0 saturated heterocycles. The van der Waals surface area contributed by atoms with Crippen LogP contribution >= 0.6 is 27.7 Å². The number of nitrogens with two attached hydrogens (primary N) is 1. The molecule has 0 bridgehead atoms. The second-order valence-corrected chi connectivity index (χ2v) is 6.30. The summed E-state index contributed by atoms with van der Waals surface area (Å²) in [6.07, 6.45) is 6.00. The number of rotatable bonds is 3. The topological polar surface area (TPSA) is 38.0 Å². The summed E-state index contributed by atoms with van der Waals surface area (Å²) in [5.74, 6) is 0. The predicted molar refractivity (Wildman–Crippen MR) is 77.1 cm³/mol. The first kappa shape index (κ1) is 12.1. The van der Waals surface area contributed by atoms with Crippen molar-refractivity contribution in [3.8, 4) is 0 Å². The predicted octanol–water partition coefficient (Wildman–Crippen LogP) is 3.73. The van der Waals surface area contributed by atoms with Crippen molar-refractivity contribution < 1.29 is 0 Å². The standard InChI is InChI=1S/C12H17BrN2S/c1-16-10-4-3-9(7-10)15-12-6-8(13)2-5-11(12)14/h2,5-6,9-10,15H,3-4,7,14H2,1H3. The van der Waals surface area contributed by atoms with Crippen LogP contribution < -0.4 is 11.1 Å². The summed E-state index contributed by atoms with van der Waals surface area (Å²) >= 11 is 5.45. The van der Waals surface area contributed by atoms with Crippen molar-refractivity contribution in [2.45, 2.75) is 30.6 Å². The van der Waals surface area contributed by atoms with Crippen LogP contribution in [-0.2, 0) is 0 Å². The number of hydrogen-bond donors (Lipinski definition) is 2. The molecule has 2 unspecified atom stereocenters.